The summed E-state index contributed by atoms with van der Waals surface area (Å²) < 4.78 is 11.8. The van der Waals surface area contributed by atoms with Crippen molar-refractivity contribution >= 4 is 14.3 Å². The summed E-state index contributed by atoms with van der Waals surface area (Å²) in [7, 11) is -0.685. The zero-order valence-corrected chi connectivity index (χ0v) is 17.1. The van der Waals surface area contributed by atoms with E-state index in [1.165, 1.54) is 7.11 Å². The van der Waals surface area contributed by atoms with Crippen LogP contribution in [0.15, 0.2) is 24.0 Å². The first-order valence-corrected chi connectivity index (χ1v) is 11.5. The summed E-state index contributed by atoms with van der Waals surface area (Å²) in [5.74, 6) is 3.17. The number of carbonyl (C=O) groups excluding carboxylic acids is 1. The second kappa shape index (κ2) is 7.61. The van der Waals surface area contributed by atoms with Crippen molar-refractivity contribution in [3.05, 3.63) is 24.0 Å². The van der Waals surface area contributed by atoms with E-state index < -0.39 is 13.7 Å². The molecule has 0 fully saturated rings. The third kappa shape index (κ3) is 3.95. The van der Waals surface area contributed by atoms with Crippen LogP contribution in [0.2, 0.25) is 18.1 Å². The van der Waals surface area contributed by atoms with Crippen molar-refractivity contribution in [2.24, 2.45) is 5.41 Å². The van der Waals surface area contributed by atoms with E-state index in [1.807, 2.05) is 6.08 Å². The normalized spacial score (nSPS) is 21.9. The van der Waals surface area contributed by atoms with Gasteiger partial charge in [-0.1, -0.05) is 26.8 Å². The number of terminal acetylenes is 1. The van der Waals surface area contributed by atoms with Crippen LogP contribution < -0.4 is 0 Å². The fraction of sp³-hybridized carbons (Fsp3) is 0.650. The number of hydrogen-bond donors (Lipinski definition) is 0. The molecule has 0 N–H and O–H groups in total. The molecule has 134 valence electrons. The maximum Gasteiger partial charge on any atom is 0.320 e. The molecule has 0 spiro atoms. The number of methoxy groups -OCH3 is 1. The molecule has 3 nitrogen and oxygen atoms in total. The Bertz CT molecular complexity index is 560. The fourth-order valence-electron chi connectivity index (χ4n) is 2.92. The first-order chi connectivity index (χ1) is 11.1. The van der Waals surface area contributed by atoms with Gasteiger partial charge in [0.2, 0.25) is 8.32 Å². The third-order valence-corrected chi connectivity index (χ3v) is 9.70. The van der Waals surface area contributed by atoms with Crippen molar-refractivity contribution in [3.63, 3.8) is 0 Å². The standard InChI is InChI=1S/C20H32O3Si/c1-9-12-16-13-11-15-20(14-10-2,18(21)22-6)17(16)23-24(7,8)19(3,4)5/h2,9H,1,11-15H2,3-8H3. The highest BCUT2D eigenvalue weighted by molar-refractivity contribution is 6.74. The highest BCUT2D eigenvalue weighted by Crippen LogP contribution is 2.49. The summed E-state index contributed by atoms with van der Waals surface area (Å²) in [5, 5.41) is 0.0364. The summed E-state index contributed by atoms with van der Waals surface area (Å²) in [5.41, 5.74) is 0.289. The lowest BCUT2D eigenvalue weighted by atomic mass is 9.71. The number of rotatable bonds is 6. The van der Waals surface area contributed by atoms with E-state index in [2.05, 4.69) is 46.4 Å². The molecule has 1 aliphatic carbocycles. The van der Waals surface area contributed by atoms with Gasteiger partial charge in [-0.25, -0.2) is 0 Å². The Morgan fingerprint density at radius 2 is 2.08 bits per heavy atom. The minimum atomic E-state index is -2.11. The summed E-state index contributed by atoms with van der Waals surface area (Å²) in [6.45, 7) is 14.8. The molecule has 0 aromatic carbocycles. The van der Waals surface area contributed by atoms with E-state index in [0.29, 0.717) is 19.3 Å². The van der Waals surface area contributed by atoms with E-state index in [1.54, 1.807) is 0 Å². The monoisotopic (exact) mass is 348 g/mol. The van der Waals surface area contributed by atoms with Crippen molar-refractivity contribution < 1.29 is 14.0 Å². The molecule has 0 bridgehead atoms. The van der Waals surface area contributed by atoms with Gasteiger partial charge in [-0.2, -0.15) is 0 Å². The average molecular weight is 349 g/mol. The largest absolute Gasteiger partial charge is 0.546 e. The summed E-state index contributed by atoms with van der Waals surface area (Å²) in [4.78, 5) is 12.7. The second-order valence-corrected chi connectivity index (χ2v) is 12.8. The molecule has 0 saturated heterocycles. The number of esters is 1. The molecule has 1 aliphatic rings. The first-order valence-electron chi connectivity index (χ1n) is 8.60. The zero-order valence-electron chi connectivity index (χ0n) is 16.1. The van der Waals surface area contributed by atoms with Crippen LogP contribution in [0.4, 0.5) is 0 Å². The molecule has 0 amide bonds. The van der Waals surface area contributed by atoms with Crippen LogP contribution in [0, 0.1) is 17.8 Å². The van der Waals surface area contributed by atoms with Gasteiger partial charge in [0.25, 0.3) is 0 Å². The van der Waals surface area contributed by atoms with Crippen LogP contribution in [0.25, 0.3) is 0 Å². The zero-order chi connectivity index (χ0) is 18.6. The van der Waals surface area contributed by atoms with Crippen LogP contribution in [-0.2, 0) is 14.0 Å². The van der Waals surface area contributed by atoms with Crippen molar-refractivity contribution in [2.75, 3.05) is 7.11 Å². The van der Waals surface area contributed by atoms with Crippen LogP contribution in [-0.4, -0.2) is 21.4 Å². The predicted molar refractivity (Wildman–Crippen MR) is 102 cm³/mol. The quantitative estimate of drug-likeness (QED) is 0.286. The maximum absolute atomic E-state index is 12.7. The lowest BCUT2D eigenvalue weighted by molar-refractivity contribution is -0.152. The van der Waals surface area contributed by atoms with Gasteiger partial charge in [0.15, 0.2) is 0 Å². The predicted octanol–water partition coefficient (Wildman–Crippen LogP) is 5.21. The van der Waals surface area contributed by atoms with Crippen molar-refractivity contribution in [3.8, 4) is 12.3 Å². The first kappa shape index (κ1) is 20.6. The second-order valence-electron chi connectivity index (χ2n) is 8.10. The van der Waals surface area contributed by atoms with Crippen LogP contribution in [0.1, 0.15) is 52.9 Å². The number of carbonyl (C=O) groups is 1. The van der Waals surface area contributed by atoms with Gasteiger partial charge in [0.05, 0.1) is 12.9 Å². The molecule has 0 aliphatic heterocycles. The Hall–Kier alpha value is -1.47. The van der Waals surface area contributed by atoms with Crippen molar-refractivity contribution in [1.29, 1.82) is 0 Å². The van der Waals surface area contributed by atoms with Gasteiger partial charge in [0.1, 0.15) is 5.41 Å². The van der Waals surface area contributed by atoms with Gasteiger partial charge in [-0.15, -0.1) is 18.9 Å². The van der Waals surface area contributed by atoms with Crippen LogP contribution in [0.3, 0.4) is 0 Å². The Morgan fingerprint density at radius 1 is 1.46 bits per heavy atom. The van der Waals surface area contributed by atoms with Crippen molar-refractivity contribution in [1.82, 2.24) is 0 Å². The number of allylic oxidation sites excluding steroid dienone is 2. The Morgan fingerprint density at radius 3 is 2.54 bits per heavy atom. The SMILES string of the molecule is C#CCC1(C(=O)OC)CCCC(CC=C)=C1O[Si](C)(C)C(C)(C)C. The topological polar surface area (TPSA) is 35.5 Å². The van der Waals surface area contributed by atoms with E-state index in [-0.39, 0.29) is 11.0 Å². The number of ether oxygens (including phenoxy) is 1. The third-order valence-electron chi connectivity index (χ3n) is 5.37. The summed E-state index contributed by atoms with van der Waals surface area (Å²) in [6, 6.07) is 0. The van der Waals surface area contributed by atoms with Gasteiger partial charge in [0, 0.05) is 6.42 Å². The molecule has 0 aromatic heterocycles. The minimum absolute atomic E-state index is 0.0364. The van der Waals surface area contributed by atoms with Gasteiger partial charge in [-0.3, -0.25) is 4.79 Å². The highest BCUT2D eigenvalue weighted by Gasteiger charge is 2.50. The highest BCUT2D eigenvalue weighted by atomic mass is 28.4. The van der Waals surface area contributed by atoms with Crippen LogP contribution in [0.5, 0.6) is 0 Å². The van der Waals surface area contributed by atoms with E-state index in [0.717, 1.165) is 24.2 Å². The molecule has 1 rings (SSSR count). The Kier molecular flexibility index (Phi) is 6.52. The molecule has 1 unspecified atom stereocenters. The van der Waals surface area contributed by atoms with Gasteiger partial charge < -0.3 is 9.16 Å². The maximum atomic E-state index is 12.7. The molecule has 0 aromatic rings. The summed E-state index contributed by atoms with van der Waals surface area (Å²) in [6.07, 6.45) is 11.0. The number of hydrogen-bond acceptors (Lipinski definition) is 3. The molecule has 24 heavy (non-hydrogen) atoms. The molecule has 0 saturated carbocycles. The lowest BCUT2D eigenvalue weighted by Gasteiger charge is -2.44. The fourth-order valence-corrected chi connectivity index (χ4v) is 4.08. The minimum Gasteiger partial charge on any atom is -0.546 e. The van der Waals surface area contributed by atoms with Gasteiger partial charge >= 0.3 is 5.97 Å². The molecular formula is C20H32O3Si. The smallest absolute Gasteiger partial charge is 0.320 e. The molecule has 0 radical (unpaired) electrons. The summed E-state index contributed by atoms with van der Waals surface area (Å²) >= 11 is 0. The molecule has 1 atom stereocenters. The molecular weight excluding hydrogens is 316 g/mol. The molecule has 0 heterocycles. The van der Waals surface area contributed by atoms with Crippen LogP contribution >= 0.6 is 0 Å². The molecule has 4 heteroatoms. The van der Waals surface area contributed by atoms with E-state index in [4.69, 9.17) is 15.6 Å². The lowest BCUT2D eigenvalue weighted by Crippen LogP contribution is -2.46. The van der Waals surface area contributed by atoms with E-state index in [9.17, 15) is 4.79 Å². The average Bonchev–Trinajstić information content (AvgIpc) is 2.48. The van der Waals surface area contributed by atoms with Gasteiger partial charge in [-0.05, 0) is 49.4 Å². The van der Waals surface area contributed by atoms with Crippen molar-refractivity contribution in [2.45, 2.75) is 71.0 Å². The Labute approximate surface area is 148 Å². The van der Waals surface area contributed by atoms with E-state index >= 15 is 0 Å². The Balaban J connectivity index is 3.52.